The number of rotatable bonds is 6. The topological polar surface area (TPSA) is 38.7 Å². The van der Waals surface area contributed by atoms with E-state index in [2.05, 4.69) is 6.92 Å². The van der Waals surface area contributed by atoms with Crippen LogP contribution in [-0.4, -0.2) is 25.4 Å². The Morgan fingerprint density at radius 1 is 1.40 bits per heavy atom. The molecule has 1 rings (SSSR count). The summed E-state index contributed by atoms with van der Waals surface area (Å²) < 4.78 is 10.3. The normalized spacial score (nSPS) is 12.5. The molecule has 0 saturated carbocycles. The van der Waals surface area contributed by atoms with Gasteiger partial charge in [0.2, 0.25) is 0 Å². The van der Waals surface area contributed by atoms with Crippen LogP contribution in [0.4, 0.5) is 0 Å². The lowest BCUT2D eigenvalue weighted by atomic mass is 10.1. The van der Waals surface area contributed by atoms with Gasteiger partial charge in [-0.2, -0.15) is 0 Å². The summed E-state index contributed by atoms with van der Waals surface area (Å²) in [4.78, 5) is 0. The molecule has 1 aromatic carbocycles. The fraction of sp³-hybridized carbons (Fsp3) is 0.417. The zero-order valence-corrected chi connectivity index (χ0v) is 8.98. The van der Waals surface area contributed by atoms with Crippen molar-refractivity contribution in [3.05, 3.63) is 36.8 Å². The molecule has 0 bridgehead atoms. The van der Waals surface area contributed by atoms with E-state index >= 15 is 0 Å². The highest BCUT2D eigenvalue weighted by Gasteiger charge is 2.05. The van der Waals surface area contributed by atoms with Crippen LogP contribution in [0.1, 0.15) is 18.1 Å². The second kappa shape index (κ2) is 6.43. The van der Waals surface area contributed by atoms with Crippen molar-refractivity contribution in [2.24, 2.45) is 0 Å². The molecule has 0 fully saturated rings. The number of benzene rings is 1. The molecule has 0 amide bonds. The van der Waals surface area contributed by atoms with Gasteiger partial charge < -0.3 is 14.6 Å². The average molecular weight is 209 g/mol. The summed E-state index contributed by atoms with van der Waals surface area (Å²) in [5.41, 5.74) is 0.833. The minimum Gasteiger partial charge on any atom is -0.491 e. The van der Waals surface area contributed by atoms with Crippen LogP contribution in [-0.2, 0) is 4.74 Å². The first-order chi connectivity index (χ1) is 7.27. The number of hydrogen-bond acceptors (Lipinski definition) is 3. The lowest BCUT2D eigenvalue weighted by Crippen LogP contribution is -2.04. The van der Waals surface area contributed by atoms with Gasteiger partial charge in [0.25, 0.3) is 0 Å². The summed E-state index contributed by atoms with van der Waals surface area (Å²) in [6, 6.07) is 7.40. The summed E-state index contributed by atoms with van der Waals surface area (Å²) in [5.74, 6) is 0.747. The quantitative estimate of drug-likeness (QED) is 0.728. The van der Waals surface area contributed by atoms with Crippen LogP contribution < -0.4 is 4.74 Å². The number of aliphatic hydroxyl groups is 1. The number of methoxy groups -OCH3 is 1. The predicted molar refractivity (Wildman–Crippen MR) is 58.7 cm³/mol. The Labute approximate surface area is 90.6 Å². The van der Waals surface area contributed by atoms with Gasteiger partial charge in [-0.25, -0.2) is 0 Å². The third kappa shape index (κ3) is 3.90. The van der Waals surface area contributed by atoms with Gasteiger partial charge in [0.15, 0.2) is 0 Å². The van der Waals surface area contributed by atoms with Gasteiger partial charge in [-0.1, -0.05) is 19.1 Å². The monoisotopic (exact) mass is 209 g/mol. The molecule has 1 radical (unpaired) electrons. The Morgan fingerprint density at radius 2 is 2.20 bits per heavy atom. The van der Waals surface area contributed by atoms with Crippen LogP contribution in [0.25, 0.3) is 0 Å². The van der Waals surface area contributed by atoms with E-state index in [-0.39, 0.29) is 0 Å². The molecule has 1 unspecified atom stereocenters. The second-order valence-corrected chi connectivity index (χ2v) is 3.22. The van der Waals surface area contributed by atoms with Crippen LogP contribution in [0.3, 0.4) is 0 Å². The Morgan fingerprint density at radius 3 is 2.87 bits per heavy atom. The molecule has 1 aromatic rings. The largest absolute Gasteiger partial charge is 0.491 e. The first-order valence-electron chi connectivity index (χ1n) is 4.97. The lowest BCUT2D eigenvalue weighted by molar-refractivity contribution is 0.145. The number of hydrogen-bond donors (Lipinski definition) is 1. The molecule has 83 valence electrons. The summed E-state index contributed by atoms with van der Waals surface area (Å²) >= 11 is 0. The minimum atomic E-state index is -0.518. The van der Waals surface area contributed by atoms with E-state index in [0.29, 0.717) is 19.6 Å². The highest BCUT2D eigenvalue weighted by molar-refractivity contribution is 5.29. The Kier molecular flexibility index (Phi) is 5.15. The third-order valence-corrected chi connectivity index (χ3v) is 2.07. The van der Waals surface area contributed by atoms with Gasteiger partial charge in [0, 0.05) is 7.11 Å². The zero-order chi connectivity index (χ0) is 11.1. The van der Waals surface area contributed by atoms with Crippen LogP contribution >= 0.6 is 0 Å². The van der Waals surface area contributed by atoms with Gasteiger partial charge >= 0.3 is 0 Å². The summed E-state index contributed by atoms with van der Waals surface area (Å²) in [6.07, 6.45) is -0.0578. The Bertz CT molecular complexity index is 286. The zero-order valence-electron chi connectivity index (χ0n) is 8.98. The molecule has 0 heterocycles. The van der Waals surface area contributed by atoms with E-state index in [1.165, 1.54) is 0 Å². The molecule has 0 spiro atoms. The molecule has 0 saturated heterocycles. The highest BCUT2D eigenvalue weighted by Crippen LogP contribution is 2.20. The van der Waals surface area contributed by atoms with Crippen LogP contribution in [0, 0.1) is 6.92 Å². The molecule has 15 heavy (non-hydrogen) atoms. The molecule has 1 N–H and O–H groups in total. The third-order valence-electron chi connectivity index (χ3n) is 2.07. The molecule has 3 heteroatoms. The van der Waals surface area contributed by atoms with E-state index in [1.807, 2.05) is 24.3 Å². The number of ether oxygens (including phenoxy) is 2. The van der Waals surface area contributed by atoms with Crippen molar-refractivity contribution in [3.8, 4) is 5.75 Å². The van der Waals surface area contributed by atoms with Gasteiger partial charge in [-0.3, -0.25) is 0 Å². The van der Waals surface area contributed by atoms with Gasteiger partial charge in [0.1, 0.15) is 12.4 Å². The van der Waals surface area contributed by atoms with Crippen molar-refractivity contribution in [2.75, 3.05) is 20.3 Å². The second-order valence-electron chi connectivity index (χ2n) is 3.22. The lowest BCUT2D eigenvalue weighted by Gasteiger charge is -2.10. The minimum absolute atomic E-state index is 0.460. The summed E-state index contributed by atoms with van der Waals surface area (Å²) in [7, 11) is 1.63. The summed E-state index contributed by atoms with van der Waals surface area (Å²) in [6.45, 7) is 4.73. The van der Waals surface area contributed by atoms with Gasteiger partial charge in [-0.15, -0.1) is 0 Å². The van der Waals surface area contributed by atoms with Crippen molar-refractivity contribution < 1.29 is 14.6 Å². The fourth-order valence-electron chi connectivity index (χ4n) is 1.22. The van der Waals surface area contributed by atoms with E-state index in [1.54, 1.807) is 7.11 Å². The average Bonchev–Trinajstić information content (AvgIpc) is 2.29. The molecule has 0 aliphatic rings. The molecule has 3 nitrogen and oxygen atoms in total. The smallest absolute Gasteiger partial charge is 0.119 e. The first kappa shape index (κ1) is 12.0. The van der Waals surface area contributed by atoms with E-state index in [4.69, 9.17) is 9.47 Å². The van der Waals surface area contributed by atoms with Crippen LogP contribution in [0.5, 0.6) is 5.75 Å². The summed E-state index contributed by atoms with van der Waals surface area (Å²) in [5, 5.41) is 9.58. The maximum atomic E-state index is 9.58. The molecule has 0 aliphatic heterocycles. The predicted octanol–water partition coefficient (Wildman–Crippen LogP) is 1.97. The fourth-order valence-corrected chi connectivity index (χ4v) is 1.22. The molecule has 1 atom stereocenters. The molecule has 0 aromatic heterocycles. The van der Waals surface area contributed by atoms with Gasteiger partial charge in [-0.05, 0) is 24.1 Å². The standard InChI is InChI=1S/C12H17O3/c1-3-12(13)10-5-4-6-11(9-10)15-8-7-14-2/h4-6,9,12-13H,1,3,7-8H2,2H3. The Balaban J connectivity index is 2.57. The molecular weight excluding hydrogens is 192 g/mol. The Hall–Kier alpha value is -1.06. The van der Waals surface area contributed by atoms with Crippen LogP contribution in [0.2, 0.25) is 0 Å². The van der Waals surface area contributed by atoms with Crippen molar-refractivity contribution in [3.63, 3.8) is 0 Å². The first-order valence-corrected chi connectivity index (χ1v) is 4.97. The highest BCUT2D eigenvalue weighted by atomic mass is 16.5. The van der Waals surface area contributed by atoms with Crippen molar-refractivity contribution in [1.82, 2.24) is 0 Å². The molecular formula is C12H17O3. The maximum Gasteiger partial charge on any atom is 0.119 e. The van der Waals surface area contributed by atoms with Crippen molar-refractivity contribution in [1.29, 1.82) is 0 Å². The van der Waals surface area contributed by atoms with Gasteiger partial charge in [0.05, 0.1) is 12.7 Å². The van der Waals surface area contributed by atoms with Crippen molar-refractivity contribution >= 4 is 0 Å². The van der Waals surface area contributed by atoms with Crippen molar-refractivity contribution in [2.45, 2.75) is 12.5 Å². The SMILES string of the molecule is [CH2]CC(O)c1cccc(OCCOC)c1. The van der Waals surface area contributed by atoms with E-state index in [0.717, 1.165) is 11.3 Å². The van der Waals surface area contributed by atoms with Crippen LogP contribution in [0.15, 0.2) is 24.3 Å². The number of aliphatic hydroxyl groups excluding tert-OH is 1. The maximum absolute atomic E-state index is 9.58. The van der Waals surface area contributed by atoms with E-state index in [9.17, 15) is 5.11 Å². The molecule has 0 aliphatic carbocycles. The van der Waals surface area contributed by atoms with E-state index < -0.39 is 6.10 Å².